The number of piperazine rings is 1. The molecule has 0 spiro atoms. The normalized spacial score (nSPS) is 19.1. The minimum atomic E-state index is -0.416. The van der Waals surface area contributed by atoms with E-state index in [1.54, 1.807) is 0 Å². The first kappa shape index (κ1) is 19.0. The molecule has 1 aromatic carbocycles. The van der Waals surface area contributed by atoms with E-state index in [2.05, 4.69) is 39.0 Å². The Morgan fingerprint density at radius 2 is 1.54 bits per heavy atom. The van der Waals surface area contributed by atoms with Crippen LogP contribution < -0.4 is 10.5 Å². The summed E-state index contributed by atoms with van der Waals surface area (Å²) in [6.45, 7) is 6.75. The van der Waals surface area contributed by atoms with Crippen molar-refractivity contribution in [3.05, 3.63) is 58.1 Å². The van der Waals surface area contributed by atoms with Crippen molar-refractivity contribution >= 4 is 5.69 Å². The Kier molecular flexibility index (Phi) is 5.98. The number of benzene rings is 1. The number of rotatable bonds is 5. The lowest BCUT2D eigenvalue weighted by atomic mass is 10.1. The number of nitrogens with zero attached hydrogens (tertiary/aromatic N) is 3. The van der Waals surface area contributed by atoms with Crippen molar-refractivity contribution in [2.75, 3.05) is 44.2 Å². The van der Waals surface area contributed by atoms with Crippen LogP contribution >= 0.6 is 0 Å². The Morgan fingerprint density at radius 3 is 2.25 bits per heavy atom. The average Bonchev–Trinajstić information content (AvgIpc) is 2.75. The Balaban J connectivity index is 1.40. The fourth-order valence-corrected chi connectivity index (χ4v) is 4.18. The fourth-order valence-electron chi connectivity index (χ4n) is 4.18. The van der Waals surface area contributed by atoms with Crippen LogP contribution in [-0.2, 0) is 13.1 Å². The molecular weight excluding hydrogens is 354 g/mol. The highest BCUT2D eigenvalue weighted by molar-refractivity contribution is 5.46. The SMILES string of the molecule is O=c1occ(CN2CCN(c3ccccc3)CC2)c(O)c1CN1CCCCC1. The third-order valence-corrected chi connectivity index (χ3v) is 5.86. The van der Waals surface area contributed by atoms with Gasteiger partial charge in [-0.25, -0.2) is 4.79 Å². The van der Waals surface area contributed by atoms with E-state index >= 15 is 0 Å². The van der Waals surface area contributed by atoms with Gasteiger partial charge in [-0.1, -0.05) is 24.6 Å². The quantitative estimate of drug-likeness (QED) is 0.857. The Bertz CT molecular complexity index is 823. The van der Waals surface area contributed by atoms with E-state index in [1.165, 1.54) is 18.4 Å². The molecule has 0 aliphatic carbocycles. The maximum absolute atomic E-state index is 12.2. The molecule has 2 saturated heterocycles. The molecule has 2 aliphatic rings. The predicted molar refractivity (Wildman–Crippen MR) is 110 cm³/mol. The van der Waals surface area contributed by atoms with E-state index in [0.717, 1.165) is 52.1 Å². The van der Waals surface area contributed by atoms with Crippen LogP contribution in [0.3, 0.4) is 0 Å². The maximum Gasteiger partial charge on any atom is 0.343 e. The Morgan fingerprint density at radius 1 is 0.857 bits per heavy atom. The highest BCUT2D eigenvalue weighted by Gasteiger charge is 2.22. The first-order valence-electron chi connectivity index (χ1n) is 10.3. The molecule has 150 valence electrons. The van der Waals surface area contributed by atoms with Gasteiger partial charge in [0, 0.05) is 50.5 Å². The second-order valence-electron chi connectivity index (χ2n) is 7.81. The van der Waals surface area contributed by atoms with Gasteiger partial charge in [-0.3, -0.25) is 9.80 Å². The van der Waals surface area contributed by atoms with E-state index in [0.29, 0.717) is 24.2 Å². The van der Waals surface area contributed by atoms with Gasteiger partial charge in [0.15, 0.2) is 0 Å². The molecule has 2 aromatic rings. The average molecular weight is 383 g/mol. The van der Waals surface area contributed by atoms with E-state index in [9.17, 15) is 9.90 Å². The van der Waals surface area contributed by atoms with Gasteiger partial charge >= 0.3 is 5.63 Å². The van der Waals surface area contributed by atoms with Crippen LogP contribution in [0.2, 0.25) is 0 Å². The van der Waals surface area contributed by atoms with E-state index in [1.807, 2.05) is 6.07 Å². The molecule has 1 N–H and O–H groups in total. The van der Waals surface area contributed by atoms with Crippen molar-refractivity contribution < 1.29 is 9.52 Å². The third-order valence-electron chi connectivity index (χ3n) is 5.86. The zero-order valence-corrected chi connectivity index (χ0v) is 16.3. The van der Waals surface area contributed by atoms with Crippen molar-refractivity contribution in [1.82, 2.24) is 9.80 Å². The van der Waals surface area contributed by atoms with E-state index in [-0.39, 0.29) is 5.75 Å². The largest absolute Gasteiger partial charge is 0.507 e. The van der Waals surface area contributed by atoms with Crippen LogP contribution in [0.15, 0.2) is 45.8 Å². The summed E-state index contributed by atoms with van der Waals surface area (Å²) in [5.41, 5.74) is 1.95. The number of piperidine rings is 1. The van der Waals surface area contributed by atoms with Gasteiger partial charge in [-0.05, 0) is 38.1 Å². The summed E-state index contributed by atoms with van der Waals surface area (Å²) in [6.07, 6.45) is 4.97. The lowest BCUT2D eigenvalue weighted by Crippen LogP contribution is -2.46. The monoisotopic (exact) mass is 383 g/mol. The smallest absolute Gasteiger partial charge is 0.343 e. The van der Waals surface area contributed by atoms with Gasteiger partial charge < -0.3 is 14.4 Å². The number of likely N-dealkylation sites (tertiary alicyclic amines) is 1. The van der Waals surface area contributed by atoms with Crippen LogP contribution in [0.1, 0.15) is 30.4 Å². The number of hydrogen-bond acceptors (Lipinski definition) is 6. The van der Waals surface area contributed by atoms with Gasteiger partial charge in [0.05, 0.1) is 5.56 Å². The molecule has 0 amide bonds. The summed E-state index contributed by atoms with van der Waals surface area (Å²) >= 11 is 0. The van der Waals surface area contributed by atoms with Crippen LogP contribution in [0.25, 0.3) is 0 Å². The summed E-state index contributed by atoms with van der Waals surface area (Å²) in [5.74, 6) is 0.118. The summed E-state index contributed by atoms with van der Waals surface area (Å²) in [6, 6.07) is 10.4. The van der Waals surface area contributed by atoms with E-state index < -0.39 is 5.63 Å². The molecule has 0 radical (unpaired) electrons. The van der Waals surface area contributed by atoms with Crippen LogP contribution in [0.5, 0.6) is 5.75 Å². The number of aromatic hydroxyl groups is 1. The summed E-state index contributed by atoms with van der Waals surface area (Å²) < 4.78 is 5.26. The van der Waals surface area contributed by atoms with Crippen molar-refractivity contribution in [3.63, 3.8) is 0 Å². The standard InChI is InChI=1S/C22H29N3O3/c26-21-18(17-28-22(27)20(21)16-23-9-5-2-6-10-23)15-24-11-13-25(14-12-24)19-7-3-1-4-8-19/h1,3-4,7-8,17,26H,2,5-6,9-16H2. The van der Waals surface area contributed by atoms with E-state index in [4.69, 9.17) is 4.42 Å². The van der Waals surface area contributed by atoms with Gasteiger partial charge in [-0.15, -0.1) is 0 Å². The summed E-state index contributed by atoms with van der Waals surface area (Å²) in [4.78, 5) is 19.1. The number of hydrogen-bond donors (Lipinski definition) is 1. The first-order valence-corrected chi connectivity index (χ1v) is 10.3. The topological polar surface area (TPSA) is 60.2 Å². The molecule has 0 saturated carbocycles. The van der Waals surface area contributed by atoms with Gasteiger partial charge in [-0.2, -0.15) is 0 Å². The summed E-state index contributed by atoms with van der Waals surface area (Å²) in [7, 11) is 0. The van der Waals surface area contributed by atoms with Crippen molar-refractivity contribution in [2.45, 2.75) is 32.4 Å². The first-order chi connectivity index (χ1) is 13.7. The molecular formula is C22H29N3O3. The number of anilines is 1. The van der Waals surface area contributed by atoms with Gasteiger partial charge in [0.1, 0.15) is 12.0 Å². The van der Waals surface area contributed by atoms with Crippen molar-refractivity contribution in [2.24, 2.45) is 0 Å². The summed E-state index contributed by atoms with van der Waals surface area (Å²) in [5, 5.41) is 10.7. The highest BCUT2D eigenvalue weighted by Crippen LogP contribution is 2.25. The highest BCUT2D eigenvalue weighted by atomic mass is 16.4. The maximum atomic E-state index is 12.2. The van der Waals surface area contributed by atoms with Gasteiger partial charge in [0.25, 0.3) is 0 Å². The van der Waals surface area contributed by atoms with Crippen LogP contribution in [-0.4, -0.2) is 54.2 Å². The molecule has 6 nitrogen and oxygen atoms in total. The molecule has 0 unspecified atom stereocenters. The second kappa shape index (κ2) is 8.80. The Labute approximate surface area is 166 Å². The van der Waals surface area contributed by atoms with Gasteiger partial charge in [0.2, 0.25) is 0 Å². The lowest BCUT2D eigenvalue weighted by Gasteiger charge is -2.36. The molecule has 2 aliphatic heterocycles. The Hall–Kier alpha value is -2.31. The molecule has 2 fully saturated rings. The van der Waals surface area contributed by atoms with Crippen LogP contribution in [0, 0.1) is 0 Å². The zero-order chi connectivity index (χ0) is 19.3. The molecule has 1 aromatic heterocycles. The molecule has 0 bridgehead atoms. The van der Waals surface area contributed by atoms with Crippen LogP contribution in [0.4, 0.5) is 5.69 Å². The third kappa shape index (κ3) is 4.39. The second-order valence-corrected chi connectivity index (χ2v) is 7.81. The minimum absolute atomic E-state index is 0.118. The fraction of sp³-hybridized carbons (Fsp3) is 0.500. The molecule has 3 heterocycles. The molecule has 4 rings (SSSR count). The zero-order valence-electron chi connectivity index (χ0n) is 16.3. The molecule has 0 atom stereocenters. The molecule has 28 heavy (non-hydrogen) atoms. The number of para-hydroxylation sites is 1. The predicted octanol–water partition coefficient (Wildman–Crippen LogP) is 2.65. The van der Waals surface area contributed by atoms with Crippen molar-refractivity contribution in [1.29, 1.82) is 0 Å². The minimum Gasteiger partial charge on any atom is -0.507 e. The van der Waals surface area contributed by atoms with Crippen molar-refractivity contribution in [3.8, 4) is 5.75 Å². The molecule has 6 heteroatoms. The lowest BCUT2D eigenvalue weighted by molar-refractivity contribution is 0.212.